The highest BCUT2D eigenvalue weighted by Gasteiger charge is 2.11. The summed E-state index contributed by atoms with van der Waals surface area (Å²) in [6.07, 6.45) is 1.07. The lowest BCUT2D eigenvalue weighted by Crippen LogP contribution is -1.95. The van der Waals surface area contributed by atoms with E-state index in [1.165, 1.54) is 5.56 Å². The smallest absolute Gasteiger partial charge is 0.258 e. The summed E-state index contributed by atoms with van der Waals surface area (Å²) >= 11 is 0. The van der Waals surface area contributed by atoms with Gasteiger partial charge in [-0.1, -0.05) is 38.1 Å². The van der Waals surface area contributed by atoms with Gasteiger partial charge in [-0.15, -0.1) is 0 Å². The molecule has 0 fully saturated rings. The van der Waals surface area contributed by atoms with Crippen molar-refractivity contribution in [2.45, 2.75) is 26.2 Å². The average Bonchev–Trinajstić information content (AvgIpc) is 2.46. The third-order valence-electron chi connectivity index (χ3n) is 3.49. The van der Waals surface area contributed by atoms with E-state index in [9.17, 15) is 10.1 Å². The Hall–Kier alpha value is -2.16. The molecule has 98 valence electrons. The molecule has 2 aromatic rings. The number of benzene rings is 2. The lowest BCUT2D eigenvalue weighted by molar-refractivity contribution is -0.384. The van der Waals surface area contributed by atoms with E-state index in [2.05, 4.69) is 26.0 Å². The van der Waals surface area contributed by atoms with E-state index in [4.69, 9.17) is 0 Å². The SMILES string of the molecule is CCC(C)c1ccccc1-c1ccc([N+](=O)[O-])cc1. The summed E-state index contributed by atoms with van der Waals surface area (Å²) in [5.74, 6) is 0.478. The quantitative estimate of drug-likeness (QED) is 0.583. The zero-order valence-electron chi connectivity index (χ0n) is 11.2. The van der Waals surface area contributed by atoms with E-state index in [1.54, 1.807) is 12.1 Å². The Morgan fingerprint density at radius 2 is 1.74 bits per heavy atom. The molecular weight excluding hydrogens is 238 g/mol. The average molecular weight is 255 g/mol. The molecule has 0 amide bonds. The van der Waals surface area contributed by atoms with Crippen molar-refractivity contribution in [3.8, 4) is 11.1 Å². The highest BCUT2D eigenvalue weighted by molar-refractivity contribution is 5.69. The minimum atomic E-state index is -0.371. The van der Waals surface area contributed by atoms with Crippen molar-refractivity contribution in [3.63, 3.8) is 0 Å². The van der Waals surface area contributed by atoms with Crippen LogP contribution in [-0.4, -0.2) is 4.92 Å². The summed E-state index contributed by atoms with van der Waals surface area (Å²) in [6.45, 7) is 4.36. The highest BCUT2D eigenvalue weighted by atomic mass is 16.6. The third kappa shape index (κ3) is 2.81. The highest BCUT2D eigenvalue weighted by Crippen LogP contribution is 2.31. The zero-order valence-corrected chi connectivity index (χ0v) is 11.2. The monoisotopic (exact) mass is 255 g/mol. The fraction of sp³-hybridized carbons (Fsp3) is 0.250. The van der Waals surface area contributed by atoms with Crippen molar-refractivity contribution < 1.29 is 4.92 Å². The Balaban J connectivity index is 2.44. The number of rotatable bonds is 4. The van der Waals surface area contributed by atoms with Gasteiger partial charge in [0.25, 0.3) is 5.69 Å². The molecule has 0 aliphatic carbocycles. The second kappa shape index (κ2) is 5.65. The number of nitro benzene ring substituents is 1. The van der Waals surface area contributed by atoms with E-state index in [0.29, 0.717) is 5.92 Å². The van der Waals surface area contributed by atoms with Crippen LogP contribution in [0.4, 0.5) is 5.69 Å². The first kappa shape index (κ1) is 13.3. The molecule has 0 bridgehead atoms. The summed E-state index contributed by atoms with van der Waals surface area (Å²) in [5, 5.41) is 10.7. The Bertz CT molecular complexity index is 576. The first-order valence-electron chi connectivity index (χ1n) is 6.47. The molecule has 0 saturated heterocycles. The molecule has 0 aliphatic heterocycles. The molecule has 1 atom stereocenters. The summed E-state index contributed by atoms with van der Waals surface area (Å²) in [5.41, 5.74) is 3.61. The second-order valence-corrected chi connectivity index (χ2v) is 4.70. The Morgan fingerprint density at radius 3 is 2.32 bits per heavy atom. The first-order chi connectivity index (χ1) is 9.13. The van der Waals surface area contributed by atoms with Crippen LogP contribution in [0.3, 0.4) is 0 Å². The fourth-order valence-corrected chi connectivity index (χ4v) is 2.17. The normalized spacial score (nSPS) is 12.1. The molecule has 0 saturated carbocycles. The summed E-state index contributed by atoms with van der Waals surface area (Å²) in [6, 6.07) is 15.0. The number of nitrogens with zero attached hydrogens (tertiary/aromatic N) is 1. The molecular formula is C16H17NO2. The molecule has 1 unspecified atom stereocenters. The number of hydrogen-bond donors (Lipinski definition) is 0. The molecule has 3 heteroatoms. The van der Waals surface area contributed by atoms with Gasteiger partial charge < -0.3 is 0 Å². The zero-order chi connectivity index (χ0) is 13.8. The van der Waals surface area contributed by atoms with Crippen LogP contribution >= 0.6 is 0 Å². The van der Waals surface area contributed by atoms with Crippen LogP contribution in [-0.2, 0) is 0 Å². The van der Waals surface area contributed by atoms with Crippen molar-refractivity contribution in [2.24, 2.45) is 0 Å². The van der Waals surface area contributed by atoms with Gasteiger partial charge in [0.1, 0.15) is 0 Å². The van der Waals surface area contributed by atoms with E-state index in [-0.39, 0.29) is 10.6 Å². The van der Waals surface area contributed by atoms with Gasteiger partial charge in [0.2, 0.25) is 0 Å². The maximum Gasteiger partial charge on any atom is 0.269 e. The molecule has 0 N–H and O–H groups in total. The number of nitro groups is 1. The molecule has 0 radical (unpaired) electrons. The van der Waals surface area contributed by atoms with Crippen LogP contribution < -0.4 is 0 Å². The third-order valence-corrected chi connectivity index (χ3v) is 3.49. The second-order valence-electron chi connectivity index (χ2n) is 4.70. The Kier molecular flexibility index (Phi) is 3.95. The van der Waals surface area contributed by atoms with E-state index >= 15 is 0 Å². The van der Waals surface area contributed by atoms with E-state index in [0.717, 1.165) is 17.5 Å². The summed E-state index contributed by atoms with van der Waals surface area (Å²) in [7, 11) is 0. The van der Waals surface area contributed by atoms with Gasteiger partial charge in [0.05, 0.1) is 4.92 Å². The van der Waals surface area contributed by atoms with Crippen LogP contribution in [0.2, 0.25) is 0 Å². The predicted molar refractivity (Wildman–Crippen MR) is 77.2 cm³/mol. The first-order valence-corrected chi connectivity index (χ1v) is 6.47. The van der Waals surface area contributed by atoms with Gasteiger partial charge in [-0.2, -0.15) is 0 Å². The Labute approximate surface area is 113 Å². The Morgan fingerprint density at radius 1 is 1.11 bits per heavy atom. The maximum absolute atomic E-state index is 10.7. The van der Waals surface area contributed by atoms with Crippen molar-refractivity contribution in [1.29, 1.82) is 0 Å². The van der Waals surface area contributed by atoms with E-state index < -0.39 is 0 Å². The van der Waals surface area contributed by atoms with Gasteiger partial charge in [-0.3, -0.25) is 10.1 Å². The van der Waals surface area contributed by atoms with Crippen molar-refractivity contribution in [1.82, 2.24) is 0 Å². The largest absolute Gasteiger partial charge is 0.269 e. The van der Waals surface area contributed by atoms with Crippen molar-refractivity contribution in [2.75, 3.05) is 0 Å². The fourth-order valence-electron chi connectivity index (χ4n) is 2.17. The van der Waals surface area contributed by atoms with Gasteiger partial charge >= 0.3 is 0 Å². The molecule has 2 rings (SSSR count). The predicted octanol–water partition coefficient (Wildman–Crippen LogP) is 4.78. The van der Waals surface area contributed by atoms with Crippen molar-refractivity contribution in [3.05, 3.63) is 64.2 Å². The number of non-ortho nitro benzene ring substituents is 1. The summed E-state index contributed by atoms with van der Waals surface area (Å²) in [4.78, 5) is 10.3. The van der Waals surface area contributed by atoms with Crippen LogP contribution in [0.15, 0.2) is 48.5 Å². The van der Waals surface area contributed by atoms with Crippen LogP contribution in [0.1, 0.15) is 31.7 Å². The van der Waals surface area contributed by atoms with Crippen LogP contribution in [0.5, 0.6) is 0 Å². The molecule has 0 spiro atoms. The topological polar surface area (TPSA) is 43.1 Å². The van der Waals surface area contributed by atoms with Gasteiger partial charge in [-0.05, 0) is 41.2 Å². The minimum absolute atomic E-state index is 0.129. The number of hydrogen-bond acceptors (Lipinski definition) is 2. The molecule has 2 aromatic carbocycles. The van der Waals surface area contributed by atoms with Crippen LogP contribution in [0, 0.1) is 10.1 Å². The summed E-state index contributed by atoms with van der Waals surface area (Å²) < 4.78 is 0. The van der Waals surface area contributed by atoms with E-state index in [1.807, 2.05) is 24.3 Å². The lowest BCUT2D eigenvalue weighted by Gasteiger charge is -2.14. The molecule has 0 aliphatic rings. The molecule has 0 aromatic heterocycles. The standard InChI is InChI=1S/C16H17NO2/c1-3-12(2)15-6-4-5-7-16(15)13-8-10-14(11-9-13)17(18)19/h4-12H,3H2,1-2H3. The molecule has 0 heterocycles. The molecule has 19 heavy (non-hydrogen) atoms. The van der Waals surface area contributed by atoms with Crippen molar-refractivity contribution >= 4 is 5.69 Å². The van der Waals surface area contributed by atoms with Gasteiger partial charge in [0.15, 0.2) is 0 Å². The van der Waals surface area contributed by atoms with Gasteiger partial charge in [0, 0.05) is 12.1 Å². The lowest BCUT2D eigenvalue weighted by atomic mass is 9.90. The maximum atomic E-state index is 10.7. The van der Waals surface area contributed by atoms with Gasteiger partial charge in [-0.25, -0.2) is 0 Å². The van der Waals surface area contributed by atoms with Crippen LogP contribution in [0.25, 0.3) is 11.1 Å². The molecule has 3 nitrogen and oxygen atoms in total. The minimum Gasteiger partial charge on any atom is -0.258 e.